The van der Waals surface area contributed by atoms with Gasteiger partial charge in [-0.2, -0.15) is 0 Å². The fourth-order valence-electron chi connectivity index (χ4n) is 1.75. The largest absolute Gasteiger partial charge is 0.477 e. The first-order chi connectivity index (χ1) is 7.42. The molecule has 2 nitrogen and oxygen atoms in total. The van der Waals surface area contributed by atoms with E-state index < -0.39 is 0 Å². The van der Waals surface area contributed by atoms with E-state index >= 15 is 0 Å². The lowest BCUT2D eigenvalue weighted by Gasteiger charge is -2.18. The zero-order valence-electron chi connectivity index (χ0n) is 9.20. The fourth-order valence-corrected chi connectivity index (χ4v) is 1.75. The number of hydrogen-bond donors (Lipinski definition) is 0. The molecule has 0 radical (unpaired) electrons. The number of fused-ring (bicyclic) bond motifs is 1. The lowest BCUT2D eigenvalue weighted by atomic mass is 10.0. The highest BCUT2D eigenvalue weighted by Crippen LogP contribution is 2.16. The first-order valence-electron chi connectivity index (χ1n) is 5.67. The zero-order chi connectivity index (χ0) is 10.5. The predicted octanol–water partition coefficient (Wildman–Crippen LogP) is 2.81. The maximum atomic E-state index is 5.60. The van der Waals surface area contributed by atoms with E-state index in [1.165, 1.54) is 17.5 Å². The number of nitrogens with zero attached hydrogens (tertiary/aromatic N) is 1. The monoisotopic (exact) mass is 203 g/mol. The van der Waals surface area contributed by atoms with Gasteiger partial charge in [-0.25, -0.2) is 0 Å². The second-order valence-electron chi connectivity index (χ2n) is 3.80. The standard InChI is InChI=1S/C13H17NO/c1-2-3-9-14-13-12-7-5-4-6-11(12)8-10-15-13/h4-7H,2-3,8-10H2,1H3. The lowest BCUT2D eigenvalue weighted by molar-refractivity contribution is 0.298. The molecule has 0 unspecified atom stereocenters. The Morgan fingerprint density at radius 1 is 1.33 bits per heavy atom. The summed E-state index contributed by atoms with van der Waals surface area (Å²) in [6.07, 6.45) is 3.32. The second-order valence-corrected chi connectivity index (χ2v) is 3.80. The van der Waals surface area contributed by atoms with Gasteiger partial charge in [-0.1, -0.05) is 31.5 Å². The number of benzene rings is 1. The summed E-state index contributed by atoms with van der Waals surface area (Å²) in [5, 5.41) is 0. The maximum Gasteiger partial charge on any atom is 0.216 e. The summed E-state index contributed by atoms with van der Waals surface area (Å²) in [7, 11) is 0. The van der Waals surface area contributed by atoms with E-state index in [1.807, 2.05) is 6.07 Å². The van der Waals surface area contributed by atoms with Crippen LogP contribution < -0.4 is 0 Å². The van der Waals surface area contributed by atoms with Crippen molar-refractivity contribution in [2.24, 2.45) is 4.99 Å². The Balaban J connectivity index is 2.18. The number of unbranched alkanes of at least 4 members (excludes halogenated alkanes) is 1. The topological polar surface area (TPSA) is 21.6 Å². The molecular formula is C13H17NO. The Bertz CT molecular complexity index is 357. The minimum absolute atomic E-state index is 0.766. The molecule has 0 aromatic heterocycles. The molecule has 0 N–H and O–H groups in total. The van der Waals surface area contributed by atoms with E-state index in [-0.39, 0.29) is 0 Å². The van der Waals surface area contributed by atoms with E-state index in [4.69, 9.17) is 4.74 Å². The van der Waals surface area contributed by atoms with Gasteiger partial charge in [-0.3, -0.25) is 4.99 Å². The highest BCUT2D eigenvalue weighted by Gasteiger charge is 2.15. The van der Waals surface area contributed by atoms with Crippen molar-refractivity contribution in [2.45, 2.75) is 26.2 Å². The molecule has 15 heavy (non-hydrogen) atoms. The highest BCUT2D eigenvalue weighted by molar-refractivity contribution is 5.96. The van der Waals surface area contributed by atoms with E-state index in [9.17, 15) is 0 Å². The quantitative estimate of drug-likeness (QED) is 0.692. The predicted molar refractivity (Wildman–Crippen MR) is 62.4 cm³/mol. The van der Waals surface area contributed by atoms with Crippen LogP contribution in [0, 0.1) is 0 Å². The number of ether oxygens (including phenoxy) is 1. The summed E-state index contributed by atoms with van der Waals surface area (Å²) in [6.45, 7) is 3.82. The number of rotatable bonds is 3. The van der Waals surface area contributed by atoms with Crippen molar-refractivity contribution < 1.29 is 4.74 Å². The molecule has 1 aromatic carbocycles. The van der Waals surface area contributed by atoms with Crippen LogP contribution in [-0.2, 0) is 11.2 Å². The van der Waals surface area contributed by atoms with Gasteiger partial charge in [-0.15, -0.1) is 0 Å². The van der Waals surface area contributed by atoms with Gasteiger partial charge >= 0.3 is 0 Å². The zero-order valence-corrected chi connectivity index (χ0v) is 9.20. The Kier molecular flexibility index (Phi) is 3.38. The molecule has 0 spiro atoms. The number of aliphatic imine (C=N–C) groups is 1. The van der Waals surface area contributed by atoms with Gasteiger partial charge in [0.25, 0.3) is 0 Å². The van der Waals surface area contributed by atoms with Crippen LogP contribution in [0.1, 0.15) is 30.9 Å². The molecule has 0 aliphatic carbocycles. The minimum Gasteiger partial charge on any atom is -0.477 e. The van der Waals surface area contributed by atoms with Crippen molar-refractivity contribution in [3.8, 4) is 0 Å². The Hall–Kier alpha value is -1.31. The van der Waals surface area contributed by atoms with Crippen molar-refractivity contribution in [1.29, 1.82) is 0 Å². The molecule has 1 heterocycles. The summed E-state index contributed by atoms with van der Waals surface area (Å²) in [5.74, 6) is 0.838. The molecule has 2 heteroatoms. The maximum absolute atomic E-state index is 5.60. The molecule has 0 bridgehead atoms. The Morgan fingerprint density at radius 3 is 3.07 bits per heavy atom. The van der Waals surface area contributed by atoms with Crippen LogP contribution in [-0.4, -0.2) is 19.0 Å². The molecule has 1 aromatic rings. The van der Waals surface area contributed by atoms with Crippen molar-refractivity contribution in [2.75, 3.05) is 13.2 Å². The Morgan fingerprint density at radius 2 is 2.20 bits per heavy atom. The summed E-state index contributed by atoms with van der Waals surface area (Å²) in [6, 6.07) is 8.38. The highest BCUT2D eigenvalue weighted by atomic mass is 16.5. The van der Waals surface area contributed by atoms with Crippen molar-refractivity contribution in [3.63, 3.8) is 0 Å². The molecule has 1 aliphatic heterocycles. The summed E-state index contributed by atoms with van der Waals surface area (Å²) < 4.78 is 5.60. The molecule has 80 valence electrons. The fraction of sp³-hybridized carbons (Fsp3) is 0.462. The van der Waals surface area contributed by atoms with E-state index in [0.717, 1.165) is 31.9 Å². The van der Waals surface area contributed by atoms with Gasteiger partial charge < -0.3 is 4.74 Å². The normalized spacial score (nSPS) is 17.3. The first kappa shape index (κ1) is 10.2. The molecular weight excluding hydrogens is 186 g/mol. The van der Waals surface area contributed by atoms with Gasteiger partial charge in [0.05, 0.1) is 6.61 Å². The van der Waals surface area contributed by atoms with Gasteiger partial charge in [-0.05, 0) is 18.1 Å². The van der Waals surface area contributed by atoms with Crippen molar-refractivity contribution >= 4 is 5.90 Å². The number of hydrogen-bond acceptors (Lipinski definition) is 2. The van der Waals surface area contributed by atoms with Gasteiger partial charge in [0.1, 0.15) is 0 Å². The first-order valence-corrected chi connectivity index (χ1v) is 5.67. The van der Waals surface area contributed by atoms with Crippen LogP contribution in [0.15, 0.2) is 29.3 Å². The smallest absolute Gasteiger partial charge is 0.216 e. The molecule has 0 saturated heterocycles. The third-order valence-electron chi connectivity index (χ3n) is 2.63. The van der Waals surface area contributed by atoms with Crippen LogP contribution in [0.3, 0.4) is 0 Å². The van der Waals surface area contributed by atoms with Crippen LogP contribution in [0.25, 0.3) is 0 Å². The second kappa shape index (κ2) is 4.96. The van der Waals surface area contributed by atoms with Gasteiger partial charge in [0.15, 0.2) is 0 Å². The SMILES string of the molecule is CCCCN=C1OCCc2ccccc21. The minimum atomic E-state index is 0.766. The van der Waals surface area contributed by atoms with E-state index in [0.29, 0.717) is 0 Å². The van der Waals surface area contributed by atoms with Crippen LogP contribution in [0.5, 0.6) is 0 Å². The van der Waals surface area contributed by atoms with Crippen molar-refractivity contribution in [3.05, 3.63) is 35.4 Å². The third kappa shape index (κ3) is 2.38. The average Bonchev–Trinajstić information content (AvgIpc) is 2.30. The van der Waals surface area contributed by atoms with E-state index in [1.54, 1.807) is 0 Å². The summed E-state index contributed by atoms with van der Waals surface area (Å²) in [5.41, 5.74) is 2.54. The summed E-state index contributed by atoms with van der Waals surface area (Å²) in [4.78, 5) is 4.51. The third-order valence-corrected chi connectivity index (χ3v) is 2.63. The average molecular weight is 203 g/mol. The molecule has 1 aliphatic rings. The van der Waals surface area contributed by atoms with Gasteiger partial charge in [0, 0.05) is 18.5 Å². The van der Waals surface area contributed by atoms with E-state index in [2.05, 4.69) is 30.1 Å². The molecule has 0 saturated carbocycles. The Labute approximate surface area is 91.0 Å². The summed E-state index contributed by atoms with van der Waals surface area (Å²) >= 11 is 0. The van der Waals surface area contributed by atoms with Crippen molar-refractivity contribution in [1.82, 2.24) is 0 Å². The van der Waals surface area contributed by atoms with Gasteiger partial charge in [0.2, 0.25) is 5.90 Å². The molecule has 2 rings (SSSR count). The van der Waals surface area contributed by atoms with Crippen LogP contribution in [0.2, 0.25) is 0 Å². The molecule has 0 amide bonds. The lowest BCUT2D eigenvalue weighted by Crippen LogP contribution is -2.18. The van der Waals surface area contributed by atoms with Crippen LogP contribution in [0.4, 0.5) is 0 Å². The molecule has 0 fully saturated rings. The van der Waals surface area contributed by atoms with Crippen LogP contribution >= 0.6 is 0 Å². The molecule has 0 atom stereocenters.